The zero-order chi connectivity index (χ0) is 6.57. The molecule has 2 N–H and O–H groups in total. The fourth-order valence-electron chi connectivity index (χ4n) is 0.384. The van der Waals surface area contributed by atoms with Gasteiger partial charge in [-0.3, -0.25) is 4.79 Å². The van der Waals surface area contributed by atoms with Crippen LogP contribution in [-0.2, 0) is 4.79 Å². The zero-order valence-electron chi connectivity index (χ0n) is 4.86. The third-order valence-corrected chi connectivity index (χ3v) is 1.05. The highest BCUT2D eigenvalue weighted by atomic mass is 35.5. The predicted molar refractivity (Wildman–Crippen MR) is 33.7 cm³/mol. The van der Waals surface area contributed by atoms with Crippen molar-refractivity contribution in [2.45, 2.75) is 25.3 Å². The quantitative estimate of drug-likeness (QED) is 0.461. The Morgan fingerprint density at radius 1 is 1.88 bits per heavy atom. The second-order valence-corrected chi connectivity index (χ2v) is 2.09. The number of carbonyl (C=O) groups excluding carboxylic acids is 1. The summed E-state index contributed by atoms with van der Waals surface area (Å²) in [6.07, 6.45) is 1.31. The molecule has 2 nitrogen and oxygen atoms in total. The maximum absolute atomic E-state index is 10.5. The van der Waals surface area contributed by atoms with Gasteiger partial charge in [-0.1, -0.05) is 18.5 Å². The van der Waals surface area contributed by atoms with Crippen molar-refractivity contribution >= 4 is 17.4 Å². The molecule has 0 aliphatic carbocycles. The Kier molecular flexibility index (Phi) is 3.83. The number of halogens is 1. The van der Waals surface area contributed by atoms with Gasteiger partial charge in [-0.05, 0) is 6.42 Å². The lowest BCUT2D eigenvalue weighted by atomic mass is 10.2. The lowest BCUT2D eigenvalue weighted by molar-refractivity contribution is -0.118. The average molecular weight is 136 g/mol. The van der Waals surface area contributed by atoms with Crippen molar-refractivity contribution in [3.8, 4) is 0 Å². The SMILES string of the molecule is CCCC(=O)C(N)Cl. The van der Waals surface area contributed by atoms with Gasteiger partial charge in [-0.15, -0.1) is 0 Å². The topological polar surface area (TPSA) is 43.1 Å². The largest absolute Gasteiger partial charge is 0.309 e. The van der Waals surface area contributed by atoms with Gasteiger partial charge in [0.1, 0.15) is 5.50 Å². The molecule has 0 amide bonds. The second kappa shape index (κ2) is 3.87. The van der Waals surface area contributed by atoms with E-state index >= 15 is 0 Å². The van der Waals surface area contributed by atoms with Crippen LogP contribution in [0.15, 0.2) is 0 Å². The van der Waals surface area contributed by atoms with E-state index in [2.05, 4.69) is 0 Å². The molecule has 0 aromatic carbocycles. The molecule has 0 heterocycles. The lowest BCUT2D eigenvalue weighted by Crippen LogP contribution is -2.23. The predicted octanol–water partition coefficient (Wildman–Crippen LogP) is 0.879. The van der Waals surface area contributed by atoms with Crippen molar-refractivity contribution in [3.05, 3.63) is 0 Å². The van der Waals surface area contributed by atoms with Gasteiger partial charge in [0, 0.05) is 6.42 Å². The Morgan fingerprint density at radius 3 is 2.50 bits per heavy atom. The summed E-state index contributed by atoms with van der Waals surface area (Å²) in [4.78, 5) is 10.5. The molecule has 3 heteroatoms. The summed E-state index contributed by atoms with van der Waals surface area (Å²) in [6.45, 7) is 1.91. The number of alkyl halides is 1. The van der Waals surface area contributed by atoms with Crippen molar-refractivity contribution in [1.82, 2.24) is 0 Å². The summed E-state index contributed by atoms with van der Waals surface area (Å²) < 4.78 is 0. The first kappa shape index (κ1) is 7.92. The number of hydrogen-bond acceptors (Lipinski definition) is 2. The van der Waals surface area contributed by atoms with E-state index in [1.54, 1.807) is 0 Å². The number of rotatable bonds is 3. The lowest BCUT2D eigenvalue weighted by Gasteiger charge is -1.97. The molecule has 0 spiro atoms. The molecule has 8 heavy (non-hydrogen) atoms. The first-order chi connectivity index (χ1) is 3.68. The van der Waals surface area contributed by atoms with Crippen LogP contribution in [0, 0.1) is 0 Å². The molecule has 0 aliphatic rings. The van der Waals surface area contributed by atoms with E-state index in [0.717, 1.165) is 6.42 Å². The number of nitrogens with two attached hydrogens (primary N) is 1. The van der Waals surface area contributed by atoms with E-state index in [9.17, 15) is 4.79 Å². The van der Waals surface area contributed by atoms with E-state index in [4.69, 9.17) is 17.3 Å². The van der Waals surface area contributed by atoms with Crippen LogP contribution in [0.5, 0.6) is 0 Å². The van der Waals surface area contributed by atoms with E-state index in [1.807, 2.05) is 6.92 Å². The van der Waals surface area contributed by atoms with Crippen molar-refractivity contribution in [2.24, 2.45) is 5.73 Å². The minimum absolute atomic E-state index is 0.0748. The van der Waals surface area contributed by atoms with Crippen molar-refractivity contribution in [1.29, 1.82) is 0 Å². The van der Waals surface area contributed by atoms with Crippen LogP contribution in [0.4, 0.5) is 0 Å². The van der Waals surface area contributed by atoms with Gasteiger partial charge in [-0.25, -0.2) is 0 Å². The van der Waals surface area contributed by atoms with Crippen LogP contribution in [0.2, 0.25) is 0 Å². The maximum Gasteiger partial charge on any atom is 0.164 e. The van der Waals surface area contributed by atoms with Crippen LogP contribution < -0.4 is 5.73 Å². The second-order valence-electron chi connectivity index (χ2n) is 1.62. The molecule has 0 bridgehead atoms. The van der Waals surface area contributed by atoms with E-state index < -0.39 is 5.50 Å². The first-order valence-electron chi connectivity index (χ1n) is 2.61. The van der Waals surface area contributed by atoms with E-state index in [0.29, 0.717) is 6.42 Å². The van der Waals surface area contributed by atoms with Gasteiger partial charge >= 0.3 is 0 Å². The van der Waals surface area contributed by atoms with Crippen molar-refractivity contribution in [2.75, 3.05) is 0 Å². The molecule has 0 aromatic heterocycles. The molecular weight excluding hydrogens is 126 g/mol. The molecule has 1 atom stereocenters. The fraction of sp³-hybridized carbons (Fsp3) is 0.800. The summed E-state index contributed by atoms with van der Waals surface area (Å²) in [6, 6.07) is 0. The van der Waals surface area contributed by atoms with Crippen molar-refractivity contribution in [3.63, 3.8) is 0 Å². The zero-order valence-corrected chi connectivity index (χ0v) is 5.61. The van der Waals surface area contributed by atoms with Gasteiger partial charge < -0.3 is 5.73 Å². The van der Waals surface area contributed by atoms with Crippen LogP contribution in [0.25, 0.3) is 0 Å². The Bertz CT molecular complexity index is 82.5. The summed E-state index contributed by atoms with van der Waals surface area (Å²) >= 11 is 5.24. The average Bonchev–Trinajstić information content (AvgIpc) is 1.67. The van der Waals surface area contributed by atoms with Crippen LogP contribution in [-0.4, -0.2) is 11.3 Å². The Balaban J connectivity index is 3.33. The third kappa shape index (κ3) is 2.99. The molecular formula is C5H10ClNO. The number of Topliss-reactive ketones (excluding diaryl/α,β-unsaturated/α-hetero) is 1. The fourth-order valence-corrected chi connectivity index (χ4v) is 0.493. The molecule has 1 unspecified atom stereocenters. The normalized spacial score (nSPS) is 13.4. The minimum Gasteiger partial charge on any atom is -0.309 e. The van der Waals surface area contributed by atoms with E-state index in [-0.39, 0.29) is 5.78 Å². The van der Waals surface area contributed by atoms with Crippen LogP contribution in [0.1, 0.15) is 19.8 Å². The highest BCUT2D eigenvalue weighted by Crippen LogP contribution is 1.95. The summed E-state index contributed by atoms with van der Waals surface area (Å²) in [5.74, 6) is -0.0748. The van der Waals surface area contributed by atoms with Gasteiger partial charge in [0.25, 0.3) is 0 Å². The molecule has 0 saturated carbocycles. The number of hydrogen-bond donors (Lipinski definition) is 1. The van der Waals surface area contributed by atoms with Gasteiger partial charge in [0.15, 0.2) is 5.78 Å². The van der Waals surface area contributed by atoms with E-state index in [1.165, 1.54) is 0 Å². The Morgan fingerprint density at radius 2 is 2.38 bits per heavy atom. The summed E-state index contributed by atoms with van der Waals surface area (Å²) in [5, 5.41) is 0. The van der Waals surface area contributed by atoms with Crippen molar-refractivity contribution < 1.29 is 4.79 Å². The van der Waals surface area contributed by atoms with Gasteiger partial charge in [-0.2, -0.15) is 0 Å². The monoisotopic (exact) mass is 135 g/mol. The molecule has 0 rings (SSSR count). The smallest absolute Gasteiger partial charge is 0.164 e. The highest BCUT2D eigenvalue weighted by molar-refractivity contribution is 6.30. The molecule has 0 aromatic rings. The van der Waals surface area contributed by atoms with Crippen LogP contribution in [0.3, 0.4) is 0 Å². The highest BCUT2D eigenvalue weighted by Gasteiger charge is 2.06. The minimum atomic E-state index is -0.796. The summed E-state index contributed by atoms with van der Waals surface area (Å²) in [7, 11) is 0. The number of carbonyl (C=O) groups is 1. The van der Waals surface area contributed by atoms with Crippen LogP contribution >= 0.6 is 11.6 Å². The van der Waals surface area contributed by atoms with Gasteiger partial charge in [0.2, 0.25) is 0 Å². The third-order valence-electron chi connectivity index (χ3n) is 0.804. The molecule has 0 aliphatic heterocycles. The Labute approximate surface area is 54.0 Å². The molecule has 0 radical (unpaired) electrons. The maximum atomic E-state index is 10.5. The first-order valence-corrected chi connectivity index (χ1v) is 3.04. The summed E-state index contributed by atoms with van der Waals surface area (Å²) in [5.41, 5.74) is 4.24. The molecule has 0 fully saturated rings. The standard InChI is InChI=1S/C5H10ClNO/c1-2-3-4(8)5(6)7/h5H,2-3,7H2,1H3. The molecule has 48 valence electrons. The number of ketones is 1. The Hall–Kier alpha value is -0.0800. The van der Waals surface area contributed by atoms with Gasteiger partial charge in [0.05, 0.1) is 0 Å². The molecule has 0 saturated heterocycles.